The van der Waals surface area contributed by atoms with Crippen LogP contribution in [-0.2, 0) is 14.3 Å². The fourth-order valence-electron chi connectivity index (χ4n) is 3.77. The van der Waals surface area contributed by atoms with Gasteiger partial charge in [0.1, 0.15) is 6.04 Å². The van der Waals surface area contributed by atoms with Crippen molar-refractivity contribution in [3.8, 4) is 0 Å². The maximum atomic E-state index is 12.0. The Hall–Kier alpha value is -1.06. The van der Waals surface area contributed by atoms with Crippen LogP contribution in [0.3, 0.4) is 0 Å². The van der Waals surface area contributed by atoms with E-state index in [2.05, 4.69) is 19.2 Å². The topological polar surface area (TPSA) is 55.4 Å². The highest BCUT2D eigenvalue weighted by Crippen LogP contribution is 2.52. The number of rotatable bonds is 2. The number of nitrogens with one attached hydrogen (secondary N) is 1. The number of ether oxygens (including phenoxy) is 1. The highest BCUT2D eigenvalue weighted by molar-refractivity contribution is 5.90. The van der Waals surface area contributed by atoms with Crippen LogP contribution in [0.25, 0.3) is 0 Å². The van der Waals surface area contributed by atoms with E-state index >= 15 is 0 Å². The molecule has 2 aliphatic rings. The van der Waals surface area contributed by atoms with Gasteiger partial charge in [-0.2, -0.15) is 0 Å². The molecule has 1 spiro atoms. The van der Waals surface area contributed by atoms with Gasteiger partial charge in [-0.15, -0.1) is 0 Å². The average Bonchev–Trinajstić information content (AvgIpc) is 2.53. The normalized spacial score (nSPS) is 34.4. The van der Waals surface area contributed by atoms with E-state index in [9.17, 15) is 9.59 Å². The quantitative estimate of drug-likeness (QED) is 0.766. The Morgan fingerprint density at radius 3 is 2.78 bits per heavy atom. The molecule has 1 saturated carbocycles. The van der Waals surface area contributed by atoms with Crippen molar-refractivity contribution in [2.45, 2.75) is 58.9 Å². The highest BCUT2D eigenvalue weighted by Gasteiger charge is 2.54. The van der Waals surface area contributed by atoms with Crippen LogP contribution < -0.4 is 5.32 Å². The van der Waals surface area contributed by atoms with Gasteiger partial charge in [-0.1, -0.05) is 20.3 Å². The van der Waals surface area contributed by atoms with Crippen molar-refractivity contribution in [1.29, 1.82) is 0 Å². The minimum absolute atomic E-state index is 0.00856. The van der Waals surface area contributed by atoms with Gasteiger partial charge in [0, 0.05) is 11.8 Å². The van der Waals surface area contributed by atoms with Crippen molar-refractivity contribution >= 4 is 11.9 Å². The summed E-state index contributed by atoms with van der Waals surface area (Å²) in [5, 5.41) is 2.82. The Labute approximate surface area is 108 Å². The molecule has 1 heterocycles. The molecule has 1 aliphatic heterocycles. The molecular formula is C14H23NO3. The van der Waals surface area contributed by atoms with Crippen molar-refractivity contribution in [2.24, 2.45) is 10.8 Å². The van der Waals surface area contributed by atoms with Crippen molar-refractivity contribution in [3.63, 3.8) is 0 Å². The summed E-state index contributed by atoms with van der Waals surface area (Å²) in [6.45, 7) is 6.61. The maximum Gasteiger partial charge on any atom is 0.329 e. The molecule has 0 aromatic heterocycles. The van der Waals surface area contributed by atoms with Gasteiger partial charge in [-0.05, 0) is 31.6 Å². The molecular weight excluding hydrogens is 230 g/mol. The van der Waals surface area contributed by atoms with Crippen LogP contribution in [0.15, 0.2) is 0 Å². The number of amides is 1. The number of carbonyl (C=O) groups excluding carboxylic acids is 2. The molecule has 2 rings (SSSR count). The lowest BCUT2D eigenvalue weighted by Gasteiger charge is -2.44. The minimum atomic E-state index is -0.440. The lowest BCUT2D eigenvalue weighted by atomic mass is 9.60. The van der Waals surface area contributed by atoms with Gasteiger partial charge >= 0.3 is 5.97 Å². The molecule has 4 nitrogen and oxygen atoms in total. The number of carbonyl (C=O) groups is 2. The molecule has 1 saturated heterocycles. The predicted molar refractivity (Wildman–Crippen MR) is 67.9 cm³/mol. The first-order valence-corrected chi connectivity index (χ1v) is 6.85. The summed E-state index contributed by atoms with van der Waals surface area (Å²) in [5.74, 6) is -0.271. The summed E-state index contributed by atoms with van der Waals surface area (Å²) in [4.78, 5) is 23.8. The monoisotopic (exact) mass is 253 g/mol. The van der Waals surface area contributed by atoms with Crippen LogP contribution >= 0.6 is 0 Å². The second-order valence-electron chi connectivity index (χ2n) is 6.49. The van der Waals surface area contributed by atoms with Gasteiger partial charge in [0.2, 0.25) is 5.91 Å². The lowest BCUT2D eigenvalue weighted by Crippen LogP contribution is -2.48. The Balaban J connectivity index is 2.22. The fourth-order valence-corrected chi connectivity index (χ4v) is 3.77. The Morgan fingerprint density at radius 1 is 1.44 bits per heavy atom. The largest absolute Gasteiger partial charge is 0.464 e. The molecule has 2 atom stereocenters. The zero-order valence-corrected chi connectivity index (χ0v) is 11.5. The highest BCUT2D eigenvalue weighted by atomic mass is 16.5. The van der Waals surface area contributed by atoms with E-state index in [1.807, 2.05) is 0 Å². The summed E-state index contributed by atoms with van der Waals surface area (Å²) >= 11 is 0. The molecule has 18 heavy (non-hydrogen) atoms. The summed E-state index contributed by atoms with van der Waals surface area (Å²) in [7, 11) is 0. The van der Waals surface area contributed by atoms with E-state index in [-0.39, 0.29) is 22.7 Å². The molecule has 0 bridgehead atoms. The van der Waals surface area contributed by atoms with Crippen LogP contribution in [0.5, 0.6) is 0 Å². The van der Waals surface area contributed by atoms with E-state index in [4.69, 9.17) is 4.74 Å². The van der Waals surface area contributed by atoms with Crippen LogP contribution in [0.2, 0.25) is 0 Å². The summed E-state index contributed by atoms with van der Waals surface area (Å²) < 4.78 is 5.12. The molecule has 0 aromatic rings. The fraction of sp³-hybridized carbons (Fsp3) is 0.857. The van der Waals surface area contributed by atoms with Crippen molar-refractivity contribution in [2.75, 3.05) is 6.61 Å². The first-order valence-electron chi connectivity index (χ1n) is 6.85. The molecule has 1 aliphatic carbocycles. The van der Waals surface area contributed by atoms with E-state index < -0.39 is 6.04 Å². The second kappa shape index (κ2) is 4.56. The molecule has 1 amide bonds. The first-order chi connectivity index (χ1) is 8.38. The van der Waals surface area contributed by atoms with E-state index in [1.54, 1.807) is 6.92 Å². The maximum absolute atomic E-state index is 12.0. The third kappa shape index (κ3) is 2.38. The van der Waals surface area contributed by atoms with Gasteiger partial charge in [0.25, 0.3) is 0 Å². The SMILES string of the molecule is CCOC(=O)C1NC(=O)CC12CCCC(C)(C)C2. The molecule has 0 aromatic carbocycles. The molecule has 2 unspecified atom stereocenters. The molecule has 102 valence electrons. The third-order valence-corrected chi connectivity index (χ3v) is 4.31. The van der Waals surface area contributed by atoms with Crippen LogP contribution in [-0.4, -0.2) is 24.5 Å². The van der Waals surface area contributed by atoms with Gasteiger partial charge < -0.3 is 10.1 Å². The molecule has 4 heteroatoms. The van der Waals surface area contributed by atoms with Crippen LogP contribution in [0.4, 0.5) is 0 Å². The Morgan fingerprint density at radius 2 is 2.17 bits per heavy atom. The van der Waals surface area contributed by atoms with Gasteiger partial charge in [0.05, 0.1) is 6.61 Å². The van der Waals surface area contributed by atoms with Gasteiger partial charge in [0.15, 0.2) is 0 Å². The van der Waals surface area contributed by atoms with Crippen molar-refractivity contribution in [1.82, 2.24) is 5.32 Å². The predicted octanol–water partition coefficient (Wildman–Crippen LogP) is 2.02. The zero-order chi connectivity index (χ0) is 13.4. The van der Waals surface area contributed by atoms with E-state index in [1.165, 1.54) is 6.42 Å². The molecule has 0 radical (unpaired) electrons. The Bertz CT molecular complexity index is 364. The summed E-state index contributed by atoms with van der Waals surface area (Å²) in [6, 6.07) is -0.440. The Kier molecular flexibility index (Phi) is 3.39. The standard InChI is InChI=1S/C14H23NO3/c1-4-18-12(17)11-14(8-10(16)15-11)7-5-6-13(2,3)9-14/h11H,4-9H2,1-3H3,(H,15,16). The summed E-state index contributed by atoms with van der Waals surface area (Å²) in [6.07, 6.45) is 4.58. The van der Waals surface area contributed by atoms with E-state index in [0.29, 0.717) is 13.0 Å². The van der Waals surface area contributed by atoms with Crippen molar-refractivity contribution < 1.29 is 14.3 Å². The van der Waals surface area contributed by atoms with Crippen LogP contribution in [0.1, 0.15) is 52.9 Å². The van der Waals surface area contributed by atoms with Crippen molar-refractivity contribution in [3.05, 3.63) is 0 Å². The number of hydrogen-bond donors (Lipinski definition) is 1. The summed E-state index contributed by atoms with van der Waals surface area (Å²) in [5.41, 5.74) is -0.0135. The number of hydrogen-bond acceptors (Lipinski definition) is 3. The van der Waals surface area contributed by atoms with E-state index in [0.717, 1.165) is 19.3 Å². The molecule has 2 fully saturated rings. The molecule has 1 N–H and O–H groups in total. The third-order valence-electron chi connectivity index (χ3n) is 4.31. The lowest BCUT2D eigenvalue weighted by molar-refractivity contribution is -0.149. The zero-order valence-electron chi connectivity index (χ0n) is 11.5. The van der Waals surface area contributed by atoms with Gasteiger partial charge in [-0.25, -0.2) is 4.79 Å². The minimum Gasteiger partial charge on any atom is -0.464 e. The first kappa shape index (κ1) is 13.4. The second-order valence-corrected chi connectivity index (χ2v) is 6.49. The number of esters is 1. The van der Waals surface area contributed by atoms with Gasteiger partial charge in [-0.3, -0.25) is 4.79 Å². The average molecular weight is 253 g/mol. The smallest absolute Gasteiger partial charge is 0.329 e. The van der Waals surface area contributed by atoms with Crippen LogP contribution in [0, 0.1) is 10.8 Å².